The fraction of sp³-hybridized carbons (Fsp3) is 0.615. The Kier molecular flexibility index (Phi) is 9.05. The number of nitrogens with zero attached hydrogens (tertiary/aromatic N) is 1. The van der Waals surface area contributed by atoms with Crippen molar-refractivity contribution in [1.29, 1.82) is 0 Å². The molecule has 1 atom stereocenters. The van der Waals surface area contributed by atoms with Crippen LogP contribution >= 0.6 is 7.77 Å². The maximum atomic E-state index is 11.6. The molecule has 0 aromatic heterocycles. The van der Waals surface area contributed by atoms with Crippen molar-refractivity contribution in [2.24, 2.45) is 0 Å². The molecule has 0 radical (unpaired) electrons. The highest BCUT2D eigenvalue weighted by Crippen LogP contribution is 2.09. The maximum Gasteiger partial charge on any atom is 0.331 e. The molecule has 0 aliphatic carbocycles. The number of quaternary nitrogens is 1. The van der Waals surface area contributed by atoms with Gasteiger partial charge < -0.3 is 18.9 Å². The Balaban J connectivity index is 3.98. The van der Waals surface area contributed by atoms with E-state index in [2.05, 4.69) is 4.74 Å². The van der Waals surface area contributed by atoms with Crippen LogP contribution in [0.15, 0.2) is 12.2 Å². The van der Waals surface area contributed by atoms with Crippen molar-refractivity contribution in [3.05, 3.63) is 12.2 Å². The SMILES string of the molecule is CCOC(=O)C=CC(=O)OCC=[P+]([O-])CC[N+](C)(C)C. The highest BCUT2D eigenvalue weighted by atomic mass is 31.1. The van der Waals surface area contributed by atoms with Gasteiger partial charge in [0, 0.05) is 12.2 Å². The number of carbonyl (C=O) groups is 2. The quantitative estimate of drug-likeness (QED) is 0.271. The lowest BCUT2D eigenvalue weighted by atomic mass is 10.5. The Hall–Kier alpha value is -1.23. The Morgan fingerprint density at radius 3 is 2.20 bits per heavy atom. The standard InChI is InChI=1S/C13H23NO5P/c1-5-18-12(15)6-7-13(16)19-9-11-20(17)10-8-14(2,3)4/h6-7,11H,5,8-10H2,1-4H3/q+1. The summed E-state index contributed by atoms with van der Waals surface area (Å²) in [6.45, 7) is 2.67. The highest BCUT2D eigenvalue weighted by Gasteiger charge is 2.10. The molecule has 0 fully saturated rings. The van der Waals surface area contributed by atoms with Gasteiger partial charge in [-0.15, -0.1) is 0 Å². The summed E-state index contributed by atoms with van der Waals surface area (Å²) in [5, 5.41) is 0. The van der Waals surface area contributed by atoms with E-state index in [9.17, 15) is 14.5 Å². The number of carbonyl (C=O) groups excluding carboxylic acids is 2. The van der Waals surface area contributed by atoms with Gasteiger partial charge in [-0.2, -0.15) is 0 Å². The van der Waals surface area contributed by atoms with Gasteiger partial charge >= 0.3 is 11.9 Å². The Morgan fingerprint density at radius 2 is 1.70 bits per heavy atom. The summed E-state index contributed by atoms with van der Waals surface area (Å²) < 4.78 is 10.1. The maximum absolute atomic E-state index is 11.6. The molecule has 0 saturated carbocycles. The minimum atomic E-state index is -1.49. The molecule has 114 valence electrons. The van der Waals surface area contributed by atoms with Gasteiger partial charge in [0.2, 0.25) is 0 Å². The third-order valence-electron chi connectivity index (χ3n) is 2.14. The van der Waals surface area contributed by atoms with Gasteiger partial charge in [0.15, 0.2) is 6.16 Å². The molecule has 0 aliphatic rings. The van der Waals surface area contributed by atoms with Crippen molar-refractivity contribution >= 4 is 25.5 Å². The first kappa shape index (κ1) is 18.8. The summed E-state index contributed by atoms with van der Waals surface area (Å²) in [6, 6.07) is 0. The average molecular weight is 304 g/mol. The summed E-state index contributed by atoms with van der Waals surface area (Å²) in [5.74, 6) is 0.216. The van der Waals surface area contributed by atoms with Crippen molar-refractivity contribution < 1.29 is 28.4 Å². The van der Waals surface area contributed by atoms with Crippen LogP contribution in [0.4, 0.5) is 0 Å². The van der Waals surface area contributed by atoms with Crippen LogP contribution in [0.1, 0.15) is 6.92 Å². The predicted octanol–water partition coefficient (Wildman–Crippen LogP) is -0.0855. The molecule has 0 N–H and O–H groups in total. The van der Waals surface area contributed by atoms with Crippen LogP contribution in [-0.2, 0) is 19.1 Å². The number of hydrogen-bond acceptors (Lipinski definition) is 5. The van der Waals surface area contributed by atoms with Gasteiger partial charge in [0.05, 0.1) is 35.5 Å². The van der Waals surface area contributed by atoms with E-state index in [-0.39, 0.29) is 13.2 Å². The van der Waals surface area contributed by atoms with E-state index in [0.717, 1.165) is 23.2 Å². The zero-order chi connectivity index (χ0) is 15.6. The lowest BCUT2D eigenvalue weighted by molar-refractivity contribution is -0.867. The predicted molar refractivity (Wildman–Crippen MR) is 77.5 cm³/mol. The molecular weight excluding hydrogens is 281 g/mol. The van der Waals surface area contributed by atoms with E-state index >= 15 is 0 Å². The number of rotatable bonds is 8. The summed E-state index contributed by atoms with van der Waals surface area (Å²) in [5.41, 5.74) is 0. The smallest absolute Gasteiger partial charge is 0.331 e. The first-order valence-corrected chi connectivity index (χ1v) is 7.85. The minimum absolute atomic E-state index is 0.0294. The number of esters is 2. The zero-order valence-electron chi connectivity index (χ0n) is 12.5. The molecule has 0 rings (SSSR count). The summed E-state index contributed by atoms with van der Waals surface area (Å²) >= 11 is 0. The number of hydrogen-bond donors (Lipinski definition) is 0. The Bertz CT molecular complexity index is 385. The molecule has 6 nitrogen and oxygen atoms in total. The largest absolute Gasteiger partial charge is 0.630 e. The van der Waals surface area contributed by atoms with Gasteiger partial charge in [-0.3, -0.25) is 0 Å². The van der Waals surface area contributed by atoms with Crippen LogP contribution in [0, 0.1) is 0 Å². The van der Waals surface area contributed by atoms with Crippen LogP contribution in [-0.4, -0.2) is 69.3 Å². The number of ether oxygens (including phenoxy) is 2. The molecule has 20 heavy (non-hydrogen) atoms. The van der Waals surface area contributed by atoms with Crippen molar-refractivity contribution in [1.82, 2.24) is 0 Å². The van der Waals surface area contributed by atoms with Gasteiger partial charge in [-0.1, -0.05) is 0 Å². The molecule has 1 unspecified atom stereocenters. The van der Waals surface area contributed by atoms with E-state index in [1.807, 2.05) is 21.1 Å². The van der Waals surface area contributed by atoms with E-state index in [4.69, 9.17) is 4.74 Å². The van der Waals surface area contributed by atoms with Gasteiger partial charge in [-0.05, 0) is 6.92 Å². The van der Waals surface area contributed by atoms with Gasteiger partial charge in [0.25, 0.3) is 0 Å². The monoisotopic (exact) mass is 304 g/mol. The topological polar surface area (TPSA) is 75.7 Å². The molecule has 0 amide bonds. The first-order valence-electron chi connectivity index (χ1n) is 6.33. The third-order valence-corrected chi connectivity index (χ3v) is 3.33. The molecule has 0 aromatic rings. The van der Waals surface area contributed by atoms with Crippen LogP contribution < -0.4 is 4.89 Å². The third kappa shape index (κ3) is 11.8. The lowest BCUT2D eigenvalue weighted by Crippen LogP contribution is -2.36. The first-order chi connectivity index (χ1) is 9.24. The summed E-state index contributed by atoms with van der Waals surface area (Å²) in [6.07, 6.45) is 2.54. The van der Waals surface area contributed by atoms with Gasteiger partial charge in [-0.25, -0.2) is 9.59 Å². The fourth-order valence-corrected chi connectivity index (χ4v) is 2.29. The van der Waals surface area contributed by atoms with Crippen molar-refractivity contribution in [2.45, 2.75) is 6.92 Å². The Labute approximate surface area is 121 Å². The second-order valence-electron chi connectivity index (χ2n) is 5.05. The highest BCUT2D eigenvalue weighted by molar-refractivity contribution is 7.50. The fourth-order valence-electron chi connectivity index (χ4n) is 1.07. The van der Waals surface area contributed by atoms with Crippen LogP contribution in [0.2, 0.25) is 0 Å². The van der Waals surface area contributed by atoms with Crippen molar-refractivity contribution in [2.75, 3.05) is 47.1 Å². The van der Waals surface area contributed by atoms with E-state index < -0.39 is 19.7 Å². The second-order valence-corrected chi connectivity index (χ2v) is 6.70. The molecule has 0 spiro atoms. The molecular formula is C13H23NO5P+. The van der Waals surface area contributed by atoms with Crippen LogP contribution in [0.25, 0.3) is 0 Å². The second kappa shape index (κ2) is 9.64. The average Bonchev–Trinajstić information content (AvgIpc) is 2.33. The van der Waals surface area contributed by atoms with E-state index in [0.29, 0.717) is 6.16 Å². The van der Waals surface area contributed by atoms with Crippen molar-refractivity contribution in [3.8, 4) is 0 Å². The molecule has 0 bridgehead atoms. The molecule has 0 aromatic carbocycles. The van der Waals surface area contributed by atoms with Crippen molar-refractivity contribution in [3.63, 3.8) is 0 Å². The lowest BCUT2D eigenvalue weighted by Gasteiger charge is -2.22. The Morgan fingerprint density at radius 1 is 1.15 bits per heavy atom. The molecule has 0 heterocycles. The normalized spacial score (nSPS) is 12.6. The van der Waals surface area contributed by atoms with E-state index in [1.165, 1.54) is 5.80 Å². The molecule has 0 saturated heterocycles. The minimum Gasteiger partial charge on any atom is -0.630 e. The molecule has 7 heteroatoms. The van der Waals surface area contributed by atoms with E-state index in [1.54, 1.807) is 6.92 Å². The molecule has 0 aliphatic heterocycles. The summed E-state index contributed by atoms with van der Waals surface area (Å²) in [4.78, 5) is 33.8. The van der Waals surface area contributed by atoms with Crippen LogP contribution in [0.5, 0.6) is 0 Å². The van der Waals surface area contributed by atoms with Crippen LogP contribution in [0.3, 0.4) is 0 Å². The zero-order valence-corrected chi connectivity index (χ0v) is 13.4. The van der Waals surface area contributed by atoms with Gasteiger partial charge in [0.1, 0.15) is 18.9 Å². The summed E-state index contributed by atoms with van der Waals surface area (Å²) in [7, 11) is 4.57.